The van der Waals surface area contributed by atoms with Crippen molar-refractivity contribution in [2.24, 2.45) is 0 Å². The minimum atomic E-state index is -3.92. The normalized spacial score (nSPS) is 9.07. The minimum Gasteiger partial charge on any atom is -0.748 e. The molecular formula is C11H19O3S-. The van der Waals surface area contributed by atoms with Crippen LogP contribution in [0.25, 0.3) is 0 Å². The highest BCUT2D eigenvalue weighted by molar-refractivity contribution is 7.85. The average molecular weight is 231 g/mol. The molecule has 0 fully saturated rings. The van der Waals surface area contributed by atoms with Crippen LogP contribution in [0.15, 0.2) is 36.4 Å². The van der Waals surface area contributed by atoms with Crippen LogP contribution in [0.5, 0.6) is 0 Å². The number of hydrogen-bond donors (Lipinski definition) is 0. The third kappa shape index (κ3) is 19.5. The minimum absolute atomic E-state index is 0.243. The van der Waals surface area contributed by atoms with Gasteiger partial charge in [-0.15, -0.1) is 0 Å². The van der Waals surface area contributed by atoms with Crippen LogP contribution in [0, 0.1) is 0 Å². The van der Waals surface area contributed by atoms with Crippen LogP contribution in [0.4, 0.5) is 0 Å². The van der Waals surface area contributed by atoms with Gasteiger partial charge in [0.05, 0.1) is 10.1 Å². The fourth-order valence-electron chi connectivity index (χ4n) is 0.635. The van der Waals surface area contributed by atoms with E-state index in [0.29, 0.717) is 6.42 Å². The van der Waals surface area contributed by atoms with Gasteiger partial charge in [0.2, 0.25) is 0 Å². The molecule has 4 heteroatoms. The van der Waals surface area contributed by atoms with E-state index in [1.54, 1.807) is 6.92 Å². The van der Waals surface area contributed by atoms with Crippen molar-refractivity contribution in [2.75, 3.05) is 5.75 Å². The molecular weight excluding hydrogens is 212 g/mol. The van der Waals surface area contributed by atoms with E-state index in [1.165, 1.54) is 0 Å². The summed E-state index contributed by atoms with van der Waals surface area (Å²) in [5.74, 6) is -0.243. The first-order valence-corrected chi connectivity index (χ1v) is 6.57. The van der Waals surface area contributed by atoms with Gasteiger partial charge in [-0.1, -0.05) is 57.2 Å². The van der Waals surface area contributed by atoms with Crippen molar-refractivity contribution >= 4 is 10.1 Å². The van der Waals surface area contributed by atoms with E-state index in [2.05, 4.69) is 0 Å². The SMILES string of the molecule is CC.CCCS(=O)(=O)[O-].c1ccccc1. The summed E-state index contributed by atoms with van der Waals surface area (Å²) >= 11 is 0. The summed E-state index contributed by atoms with van der Waals surface area (Å²) in [6, 6.07) is 12.0. The molecule has 0 amide bonds. The van der Waals surface area contributed by atoms with Crippen molar-refractivity contribution in [2.45, 2.75) is 27.2 Å². The van der Waals surface area contributed by atoms with Crippen LogP contribution in [0.2, 0.25) is 0 Å². The number of benzene rings is 1. The first kappa shape index (κ1) is 16.6. The van der Waals surface area contributed by atoms with Crippen molar-refractivity contribution in [3.63, 3.8) is 0 Å². The van der Waals surface area contributed by atoms with E-state index in [9.17, 15) is 13.0 Å². The van der Waals surface area contributed by atoms with Crippen LogP contribution in [-0.2, 0) is 10.1 Å². The van der Waals surface area contributed by atoms with E-state index in [4.69, 9.17) is 0 Å². The largest absolute Gasteiger partial charge is 0.748 e. The molecule has 0 saturated heterocycles. The van der Waals surface area contributed by atoms with Crippen molar-refractivity contribution in [1.29, 1.82) is 0 Å². The molecule has 15 heavy (non-hydrogen) atoms. The Hall–Kier alpha value is -0.870. The summed E-state index contributed by atoms with van der Waals surface area (Å²) in [7, 11) is -3.92. The Labute approximate surface area is 92.9 Å². The van der Waals surface area contributed by atoms with Gasteiger partial charge in [0.1, 0.15) is 0 Å². The molecule has 3 nitrogen and oxygen atoms in total. The maximum atomic E-state index is 9.68. The van der Waals surface area contributed by atoms with Gasteiger partial charge >= 0.3 is 0 Å². The van der Waals surface area contributed by atoms with Gasteiger partial charge < -0.3 is 4.55 Å². The second kappa shape index (κ2) is 11.2. The molecule has 0 aromatic heterocycles. The predicted octanol–water partition coefficient (Wildman–Crippen LogP) is 2.65. The van der Waals surface area contributed by atoms with Gasteiger partial charge in [0.15, 0.2) is 0 Å². The van der Waals surface area contributed by atoms with E-state index >= 15 is 0 Å². The summed E-state index contributed by atoms with van der Waals surface area (Å²) in [4.78, 5) is 0. The third-order valence-corrected chi connectivity index (χ3v) is 2.03. The zero-order valence-electron chi connectivity index (χ0n) is 9.51. The molecule has 0 heterocycles. The van der Waals surface area contributed by atoms with Crippen molar-refractivity contribution in [3.05, 3.63) is 36.4 Å². The highest BCUT2D eigenvalue weighted by Crippen LogP contribution is 1.83. The van der Waals surface area contributed by atoms with Crippen LogP contribution in [0.3, 0.4) is 0 Å². The first-order valence-electron chi connectivity index (χ1n) is 5.00. The molecule has 0 spiro atoms. The molecule has 1 rings (SSSR count). The maximum Gasteiger partial charge on any atom is 0.0945 e. The Morgan fingerprint density at radius 3 is 1.27 bits per heavy atom. The van der Waals surface area contributed by atoms with Crippen molar-refractivity contribution in [1.82, 2.24) is 0 Å². The Balaban J connectivity index is 0. The maximum absolute atomic E-state index is 9.68. The Morgan fingerprint density at radius 1 is 0.933 bits per heavy atom. The van der Waals surface area contributed by atoms with Gasteiger partial charge in [-0.2, -0.15) is 0 Å². The highest BCUT2D eigenvalue weighted by Gasteiger charge is 1.86. The van der Waals surface area contributed by atoms with E-state index < -0.39 is 10.1 Å². The fourth-order valence-corrected chi connectivity index (χ4v) is 1.13. The van der Waals surface area contributed by atoms with Crippen LogP contribution >= 0.6 is 0 Å². The lowest BCUT2D eigenvalue weighted by atomic mass is 10.4. The summed E-state index contributed by atoms with van der Waals surface area (Å²) in [6.45, 7) is 5.65. The van der Waals surface area contributed by atoms with Gasteiger partial charge in [-0.3, -0.25) is 0 Å². The molecule has 0 aliphatic carbocycles. The van der Waals surface area contributed by atoms with Gasteiger partial charge in [0, 0.05) is 5.75 Å². The van der Waals surface area contributed by atoms with E-state index in [-0.39, 0.29) is 5.75 Å². The molecule has 0 aliphatic rings. The van der Waals surface area contributed by atoms with E-state index in [1.807, 2.05) is 50.2 Å². The first-order chi connectivity index (χ1) is 7.06. The molecule has 1 aromatic rings. The van der Waals surface area contributed by atoms with Crippen LogP contribution in [0.1, 0.15) is 27.2 Å². The molecule has 1 aromatic carbocycles. The quantitative estimate of drug-likeness (QED) is 0.735. The molecule has 0 aliphatic heterocycles. The highest BCUT2D eigenvalue weighted by atomic mass is 32.2. The smallest absolute Gasteiger partial charge is 0.0945 e. The summed E-state index contributed by atoms with van der Waals surface area (Å²) in [5.41, 5.74) is 0. The Bertz CT molecular complexity index is 266. The van der Waals surface area contributed by atoms with Crippen LogP contribution in [-0.4, -0.2) is 18.7 Å². The lowest BCUT2D eigenvalue weighted by Gasteiger charge is -2.00. The third-order valence-electron chi connectivity index (χ3n) is 1.12. The molecule has 0 N–H and O–H groups in total. The standard InChI is InChI=1S/C6H6.C3H8O3S.C2H6/c1-2-4-6-5-3-1;1-2-3-7(4,5)6;1-2/h1-6H;2-3H2,1H3,(H,4,5,6);1-2H3/p-1. The molecule has 88 valence electrons. The van der Waals surface area contributed by atoms with Crippen molar-refractivity contribution < 1.29 is 13.0 Å². The summed E-state index contributed by atoms with van der Waals surface area (Å²) in [6.07, 6.45) is 0.409. The molecule has 0 bridgehead atoms. The Kier molecular flexibility index (Phi) is 12.4. The summed E-state index contributed by atoms with van der Waals surface area (Å²) in [5, 5.41) is 0. The predicted molar refractivity (Wildman–Crippen MR) is 62.6 cm³/mol. The van der Waals surface area contributed by atoms with Crippen LogP contribution < -0.4 is 0 Å². The Morgan fingerprint density at radius 2 is 1.20 bits per heavy atom. The fraction of sp³-hybridized carbons (Fsp3) is 0.455. The number of hydrogen-bond acceptors (Lipinski definition) is 3. The van der Waals surface area contributed by atoms with Gasteiger partial charge in [0.25, 0.3) is 0 Å². The summed E-state index contributed by atoms with van der Waals surface area (Å²) < 4.78 is 29.0. The second-order valence-corrected chi connectivity index (χ2v) is 3.94. The topological polar surface area (TPSA) is 57.2 Å². The lowest BCUT2D eigenvalue weighted by molar-refractivity contribution is 0.462. The molecule has 0 radical (unpaired) electrons. The zero-order valence-corrected chi connectivity index (χ0v) is 10.3. The van der Waals surface area contributed by atoms with Gasteiger partial charge in [-0.25, -0.2) is 8.42 Å². The zero-order chi connectivity index (χ0) is 12.2. The number of rotatable bonds is 2. The molecule has 0 unspecified atom stereocenters. The average Bonchev–Trinajstić information content (AvgIpc) is 2.22. The van der Waals surface area contributed by atoms with E-state index in [0.717, 1.165) is 0 Å². The van der Waals surface area contributed by atoms with Gasteiger partial charge in [-0.05, 0) is 6.42 Å². The monoisotopic (exact) mass is 231 g/mol. The lowest BCUT2D eigenvalue weighted by Crippen LogP contribution is -2.01. The molecule has 0 atom stereocenters. The second-order valence-electron chi connectivity index (χ2n) is 2.42. The molecule has 0 saturated carbocycles. The van der Waals surface area contributed by atoms with Crippen molar-refractivity contribution in [3.8, 4) is 0 Å².